The summed E-state index contributed by atoms with van der Waals surface area (Å²) in [5.74, 6) is 0.330. The van der Waals surface area contributed by atoms with Crippen LogP contribution in [0, 0.1) is 5.92 Å². The van der Waals surface area contributed by atoms with E-state index in [0.717, 1.165) is 43.6 Å². The van der Waals surface area contributed by atoms with E-state index < -0.39 is 6.10 Å². The number of nitrogens with one attached hydrogen (secondary N) is 1. The molecular formula is C16H22N2O2. The van der Waals surface area contributed by atoms with E-state index in [1.807, 2.05) is 25.1 Å². The van der Waals surface area contributed by atoms with Gasteiger partial charge in [0.2, 0.25) is 0 Å². The van der Waals surface area contributed by atoms with Gasteiger partial charge in [-0.3, -0.25) is 4.79 Å². The van der Waals surface area contributed by atoms with Gasteiger partial charge in [0, 0.05) is 30.9 Å². The molecule has 1 aromatic rings. The van der Waals surface area contributed by atoms with Crippen molar-refractivity contribution in [1.29, 1.82) is 0 Å². The second-order valence-electron chi connectivity index (χ2n) is 5.99. The maximum atomic E-state index is 12.5. The number of hydrogen-bond donors (Lipinski definition) is 2. The molecule has 20 heavy (non-hydrogen) atoms. The van der Waals surface area contributed by atoms with Gasteiger partial charge in [0.1, 0.15) is 0 Å². The van der Waals surface area contributed by atoms with Crippen LogP contribution in [-0.4, -0.2) is 41.7 Å². The monoisotopic (exact) mass is 274 g/mol. The first-order valence-electron chi connectivity index (χ1n) is 7.49. The number of amides is 1. The number of rotatable bonds is 1. The quantitative estimate of drug-likeness (QED) is 0.822. The van der Waals surface area contributed by atoms with Gasteiger partial charge in [0.05, 0.1) is 6.10 Å². The highest BCUT2D eigenvalue weighted by Gasteiger charge is 2.28. The van der Waals surface area contributed by atoms with Gasteiger partial charge < -0.3 is 15.3 Å². The zero-order valence-electron chi connectivity index (χ0n) is 11.9. The molecule has 3 rings (SSSR count). The van der Waals surface area contributed by atoms with Gasteiger partial charge in [-0.2, -0.15) is 0 Å². The number of fused-ring (bicyclic) bond motifs is 1. The number of carbonyl (C=O) groups is 1. The Morgan fingerprint density at radius 1 is 1.45 bits per heavy atom. The minimum Gasteiger partial charge on any atom is -0.391 e. The lowest BCUT2D eigenvalue weighted by Crippen LogP contribution is -2.45. The molecule has 1 fully saturated rings. The highest BCUT2D eigenvalue weighted by atomic mass is 16.3. The molecule has 0 saturated carbocycles. The number of aliphatic hydroxyl groups is 1. The van der Waals surface area contributed by atoms with Crippen LogP contribution in [0.3, 0.4) is 0 Å². The second-order valence-corrected chi connectivity index (χ2v) is 5.99. The zero-order chi connectivity index (χ0) is 14.1. The molecule has 0 bridgehead atoms. The van der Waals surface area contributed by atoms with E-state index in [4.69, 9.17) is 0 Å². The van der Waals surface area contributed by atoms with Crippen molar-refractivity contribution >= 4 is 11.6 Å². The SMILES string of the molecule is CC1CCN(C(=O)c2ccc3c(c2)CCCN3)CC1O. The first-order chi connectivity index (χ1) is 9.65. The van der Waals surface area contributed by atoms with E-state index in [-0.39, 0.29) is 11.8 Å². The normalized spacial score (nSPS) is 25.8. The van der Waals surface area contributed by atoms with Crippen LogP contribution in [0.15, 0.2) is 18.2 Å². The molecule has 2 aliphatic rings. The summed E-state index contributed by atoms with van der Waals surface area (Å²) in [7, 11) is 0. The smallest absolute Gasteiger partial charge is 0.253 e. The Labute approximate surface area is 119 Å². The number of piperidine rings is 1. The van der Waals surface area contributed by atoms with Gasteiger partial charge in [-0.05, 0) is 48.9 Å². The van der Waals surface area contributed by atoms with Crippen LogP contribution < -0.4 is 5.32 Å². The van der Waals surface area contributed by atoms with Crippen LogP contribution in [0.1, 0.15) is 35.7 Å². The predicted molar refractivity (Wildman–Crippen MR) is 78.9 cm³/mol. The van der Waals surface area contributed by atoms with Crippen LogP contribution in [0.4, 0.5) is 5.69 Å². The summed E-state index contributed by atoms with van der Waals surface area (Å²) in [6.45, 7) is 4.25. The number of likely N-dealkylation sites (tertiary alicyclic amines) is 1. The summed E-state index contributed by atoms with van der Waals surface area (Å²) in [5.41, 5.74) is 3.13. The standard InChI is InChI=1S/C16H22N2O2/c1-11-6-8-18(10-15(11)19)16(20)13-4-5-14-12(9-13)3-2-7-17-14/h4-5,9,11,15,17,19H,2-3,6-8,10H2,1H3. The third-order valence-corrected chi connectivity index (χ3v) is 4.50. The highest BCUT2D eigenvalue weighted by molar-refractivity contribution is 5.95. The molecule has 4 nitrogen and oxygen atoms in total. The Morgan fingerprint density at radius 3 is 3.10 bits per heavy atom. The highest BCUT2D eigenvalue weighted by Crippen LogP contribution is 2.25. The van der Waals surface area contributed by atoms with Crippen molar-refractivity contribution in [2.45, 2.75) is 32.3 Å². The predicted octanol–water partition coefficient (Wildman–Crippen LogP) is 1.89. The van der Waals surface area contributed by atoms with Crippen molar-refractivity contribution in [1.82, 2.24) is 4.90 Å². The Kier molecular flexibility index (Phi) is 3.66. The number of nitrogens with zero attached hydrogens (tertiary/aromatic N) is 1. The minimum absolute atomic E-state index is 0.0457. The molecule has 2 N–H and O–H groups in total. The zero-order valence-corrected chi connectivity index (χ0v) is 11.9. The summed E-state index contributed by atoms with van der Waals surface area (Å²) in [6, 6.07) is 5.91. The number of aliphatic hydroxyl groups excluding tert-OH is 1. The Bertz CT molecular complexity index is 515. The van der Waals surface area contributed by atoms with Gasteiger partial charge >= 0.3 is 0 Å². The molecule has 2 atom stereocenters. The molecule has 4 heteroatoms. The summed E-state index contributed by atoms with van der Waals surface area (Å²) < 4.78 is 0. The average Bonchev–Trinajstić information content (AvgIpc) is 2.49. The molecule has 2 unspecified atom stereocenters. The molecule has 1 saturated heterocycles. The number of benzene rings is 1. The van der Waals surface area contributed by atoms with Crippen molar-refractivity contribution in [3.05, 3.63) is 29.3 Å². The lowest BCUT2D eigenvalue weighted by molar-refractivity contribution is 0.0248. The Hall–Kier alpha value is -1.55. The van der Waals surface area contributed by atoms with Crippen LogP contribution in [0.2, 0.25) is 0 Å². The number of carbonyl (C=O) groups excluding carboxylic acids is 1. The molecule has 2 heterocycles. The fourth-order valence-corrected chi connectivity index (χ4v) is 3.02. The van der Waals surface area contributed by atoms with E-state index in [0.29, 0.717) is 6.54 Å². The van der Waals surface area contributed by atoms with Crippen LogP contribution in [0.25, 0.3) is 0 Å². The maximum Gasteiger partial charge on any atom is 0.253 e. The molecule has 0 aliphatic carbocycles. The van der Waals surface area contributed by atoms with E-state index in [9.17, 15) is 9.90 Å². The van der Waals surface area contributed by atoms with E-state index in [1.165, 1.54) is 5.56 Å². The average molecular weight is 274 g/mol. The van der Waals surface area contributed by atoms with Crippen molar-refractivity contribution in [2.24, 2.45) is 5.92 Å². The van der Waals surface area contributed by atoms with Gasteiger partial charge in [-0.15, -0.1) is 0 Å². The molecule has 1 amide bonds. The van der Waals surface area contributed by atoms with Gasteiger partial charge in [-0.1, -0.05) is 6.92 Å². The lowest BCUT2D eigenvalue weighted by Gasteiger charge is -2.34. The first kappa shape index (κ1) is 13.4. The Morgan fingerprint density at radius 2 is 2.30 bits per heavy atom. The van der Waals surface area contributed by atoms with Gasteiger partial charge in [-0.25, -0.2) is 0 Å². The van der Waals surface area contributed by atoms with Gasteiger partial charge in [0.25, 0.3) is 5.91 Å². The van der Waals surface area contributed by atoms with Crippen molar-refractivity contribution in [3.8, 4) is 0 Å². The summed E-state index contributed by atoms with van der Waals surface area (Å²) in [5, 5.41) is 13.3. The molecule has 0 spiro atoms. The number of β-amino-alcohol motifs (C(OH)–C–C–N with tert-alkyl or cyclic N) is 1. The molecule has 108 valence electrons. The first-order valence-corrected chi connectivity index (χ1v) is 7.49. The van der Waals surface area contributed by atoms with E-state index in [1.54, 1.807) is 4.90 Å². The molecule has 2 aliphatic heterocycles. The second kappa shape index (κ2) is 5.44. The largest absolute Gasteiger partial charge is 0.391 e. The third-order valence-electron chi connectivity index (χ3n) is 4.50. The molecular weight excluding hydrogens is 252 g/mol. The van der Waals surface area contributed by atoms with Crippen LogP contribution in [0.5, 0.6) is 0 Å². The van der Waals surface area contributed by atoms with Crippen molar-refractivity contribution in [3.63, 3.8) is 0 Å². The van der Waals surface area contributed by atoms with E-state index >= 15 is 0 Å². The summed E-state index contributed by atoms with van der Waals surface area (Å²) in [4.78, 5) is 14.3. The maximum absolute atomic E-state index is 12.5. The number of hydrogen-bond acceptors (Lipinski definition) is 3. The van der Waals surface area contributed by atoms with Gasteiger partial charge in [0.15, 0.2) is 0 Å². The topological polar surface area (TPSA) is 52.6 Å². The van der Waals surface area contributed by atoms with Crippen molar-refractivity contribution < 1.29 is 9.90 Å². The molecule has 0 aromatic heterocycles. The third kappa shape index (κ3) is 2.52. The fraction of sp³-hybridized carbons (Fsp3) is 0.562. The number of anilines is 1. The van der Waals surface area contributed by atoms with Crippen molar-refractivity contribution in [2.75, 3.05) is 25.0 Å². The van der Waals surface area contributed by atoms with E-state index in [2.05, 4.69) is 5.32 Å². The minimum atomic E-state index is -0.396. The lowest BCUT2D eigenvalue weighted by atomic mass is 9.95. The molecule has 0 radical (unpaired) electrons. The van der Waals surface area contributed by atoms with Crippen LogP contribution in [-0.2, 0) is 6.42 Å². The summed E-state index contributed by atoms with van der Waals surface area (Å²) >= 11 is 0. The number of aryl methyl sites for hydroxylation is 1. The fourth-order valence-electron chi connectivity index (χ4n) is 3.02. The van der Waals surface area contributed by atoms with Crippen LogP contribution >= 0.6 is 0 Å². The summed E-state index contributed by atoms with van der Waals surface area (Å²) in [6.07, 6.45) is 2.62. The molecule has 1 aromatic carbocycles. The Balaban J connectivity index is 1.77.